The lowest BCUT2D eigenvalue weighted by Gasteiger charge is -2.23. The van der Waals surface area contributed by atoms with E-state index < -0.39 is 0 Å². The summed E-state index contributed by atoms with van der Waals surface area (Å²) in [6.45, 7) is 11.8. The summed E-state index contributed by atoms with van der Waals surface area (Å²) in [5, 5.41) is 12.3. The van der Waals surface area contributed by atoms with Crippen LogP contribution in [0.4, 0.5) is 0 Å². The molecular weight excluding hydrogens is 276 g/mol. The van der Waals surface area contributed by atoms with Crippen molar-refractivity contribution in [3.63, 3.8) is 0 Å². The minimum atomic E-state index is 0.459. The molecular formula is C18H26N2S. The van der Waals surface area contributed by atoms with E-state index in [2.05, 4.69) is 58.2 Å². The Kier molecular flexibility index (Phi) is 7.39. The van der Waals surface area contributed by atoms with Crippen LogP contribution in [0.15, 0.2) is 44.9 Å². The molecule has 1 rings (SSSR count). The summed E-state index contributed by atoms with van der Waals surface area (Å²) < 4.78 is 0. The summed E-state index contributed by atoms with van der Waals surface area (Å²) in [5.41, 5.74) is 3.99. The predicted molar refractivity (Wildman–Crippen MR) is 93.6 cm³/mol. The first kappa shape index (κ1) is 17.7. The first-order valence-corrected chi connectivity index (χ1v) is 8.36. The van der Waals surface area contributed by atoms with Crippen molar-refractivity contribution in [2.24, 2.45) is 5.92 Å². The third-order valence-electron chi connectivity index (χ3n) is 3.49. The fourth-order valence-corrected chi connectivity index (χ4v) is 3.35. The molecule has 1 aliphatic heterocycles. The van der Waals surface area contributed by atoms with E-state index in [1.807, 2.05) is 6.08 Å². The third kappa shape index (κ3) is 5.85. The highest BCUT2D eigenvalue weighted by atomic mass is 32.2. The van der Waals surface area contributed by atoms with E-state index in [0.717, 1.165) is 13.0 Å². The van der Waals surface area contributed by atoms with Crippen molar-refractivity contribution in [3.05, 3.63) is 44.9 Å². The van der Waals surface area contributed by atoms with Gasteiger partial charge in [-0.05, 0) is 43.9 Å². The van der Waals surface area contributed by atoms with Crippen LogP contribution in [0, 0.1) is 17.2 Å². The highest BCUT2D eigenvalue weighted by molar-refractivity contribution is 8.07. The van der Waals surface area contributed by atoms with Crippen molar-refractivity contribution in [2.45, 2.75) is 47.5 Å². The predicted octanol–water partition coefficient (Wildman–Crippen LogP) is 5.29. The van der Waals surface area contributed by atoms with Crippen molar-refractivity contribution >= 4 is 11.8 Å². The van der Waals surface area contributed by atoms with Crippen molar-refractivity contribution in [1.82, 2.24) is 5.32 Å². The van der Waals surface area contributed by atoms with Gasteiger partial charge in [-0.3, -0.25) is 0 Å². The molecule has 1 N–H and O–H groups in total. The fourth-order valence-electron chi connectivity index (χ4n) is 1.99. The van der Waals surface area contributed by atoms with Crippen LogP contribution in [0.5, 0.6) is 0 Å². The van der Waals surface area contributed by atoms with Gasteiger partial charge >= 0.3 is 0 Å². The van der Waals surface area contributed by atoms with Crippen LogP contribution in [0.1, 0.15) is 47.5 Å². The first-order chi connectivity index (χ1) is 9.97. The number of allylic oxidation sites excluding steroid dienone is 5. The summed E-state index contributed by atoms with van der Waals surface area (Å²) in [4.78, 5) is 2.50. The van der Waals surface area contributed by atoms with Gasteiger partial charge in [0.2, 0.25) is 0 Å². The molecule has 0 aromatic heterocycles. The van der Waals surface area contributed by atoms with Gasteiger partial charge in [-0.15, -0.1) is 0 Å². The van der Waals surface area contributed by atoms with Gasteiger partial charge in [0, 0.05) is 22.1 Å². The third-order valence-corrected chi connectivity index (χ3v) is 4.61. The summed E-state index contributed by atoms with van der Waals surface area (Å²) in [6, 6.07) is 2.21. The Bertz CT molecular complexity index is 528. The lowest BCUT2D eigenvalue weighted by molar-refractivity contribution is 0.695. The standard InChI is InChI=1S/C18H26N2S/c1-6-14(4)10-16(8-7-9-19)21-18-11-15(5)20-12-17(18)13(2)3/h8,10-11,13,20H,6-7,12H2,1-5H3/b14-10-,16-8+. The van der Waals surface area contributed by atoms with E-state index in [9.17, 15) is 0 Å². The van der Waals surface area contributed by atoms with Crippen LogP contribution in [0.25, 0.3) is 0 Å². The van der Waals surface area contributed by atoms with Crippen LogP contribution >= 0.6 is 11.8 Å². The Balaban J connectivity index is 3.08. The summed E-state index contributed by atoms with van der Waals surface area (Å²) in [6.07, 6.45) is 7.95. The van der Waals surface area contributed by atoms with Gasteiger partial charge in [-0.2, -0.15) is 5.26 Å². The normalized spacial score (nSPS) is 16.7. The number of hydrogen-bond acceptors (Lipinski definition) is 3. The average Bonchev–Trinajstić information content (AvgIpc) is 2.44. The maximum Gasteiger partial charge on any atom is 0.0663 e. The van der Waals surface area contributed by atoms with Gasteiger partial charge in [0.25, 0.3) is 0 Å². The Hall–Kier alpha value is -1.40. The van der Waals surface area contributed by atoms with Crippen molar-refractivity contribution in [3.8, 4) is 6.07 Å². The van der Waals surface area contributed by atoms with Crippen LogP contribution in [0.2, 0.25) is 0 Å². The molecule has 0 amide bonds. The van der Waals surface area contributed by atoms with Crippen LogP contribution in [-0.2, 0) is 0 Å². The van der Waals surface area contributed by atoms with Crippen molar-refractivity contribution in [2.75, 3.05) is 6.54 Å². The summed E-state index contributed by atoms with van der Waals surface area (Å²) >= 11 is 1.79. The number of nitriles is 1. The SMILES string of the molecule is CC/C(C)=C\C(=C/CC#N)SC1=C(C(C)C)CNC(C)=C1. The quantitative estimate of drug-likeness (QED) is 0.677. The molecule has 21 heavy (non-hydrogen) atoms. The van der Waals surface area contributed by atoms with Gasteiger partial charge in [0.1, 0.15) is 0 Å². The minimum absolute atomic E-state index is 0.459. The maximum atomic E-state index is 8.84. The molecule has 0 radical (unpaired) electrons. The highest BCUT2D eigenvalue weighted by Crippen LogP contribution is 2.35. The number of rotatable bonds is 6. The first-order valence-electron chi connectivity index (χ1n) is 7.55. The molecule has 0 fully saturated rings. The molecule has 1 aliphatic rings. The number of dihydropyridines is 1. The van der Waals surface area contributed by atoms with Crippen molar-refractivity contribution < 1.29 is 0 Å². The lowest BCUT2D eigenvalue weighted by Crippen LogP contribution is -2.22. The Labute approximate surface area is 133 Å². The van der Waals surface area contributed by atoms with Gasteiger partial charge in [0.15, 0.2) is 0 Å². The smallest absolute Gasteiger partial charge is 0.0663 e. The molecule has 1 heterocycles. The molecule has 114 valence electrons. The topological polar surface area (TPSA) is 35.8 Å². The van der Waals surface area contributed by atoms with E-state index in [1.165, 1.54) is 26.7 Å². The van der Waals surface area contributed by atoms with E-state index in [4.69, 9.17) is 5.26 Å². The van der Waals surface area contributed by atoms with Gasteiger partial charge in [-0.1, -0.05) is 44.2 Å². The molecule has 0 spiro atoms. The summed E-state index contributed by atoms with van der Waals surface area (Å²) in [7, 11) is 0. The Morgan fingerprint density at radius 1 is 1.52 bits per heavy atom. The molecule has 0 bridgehead atoms. The Morgan fingerprint density at radius 2 is 2.24 bits per heavy atom. The zero-order chi connectivity index (χ0) is 15.8. The second-order valence-corrected chi connectivity index (χ2v) is 6.76. The molecule has 3 heteroatoms. The minimum Gasteiger partial charge on any atom is -0.385 e. The second-order valence-electron chi connectivity index (χ2n) is 5.64. The van der Waals surface area contributed by atoms with Gasteiger partial charge in [-0.25, -0.2) is 0 Å². The summed E-state index contributed by atoms with van der Waals surface area (Å²) in [5.74, 6) is 0.526. The monoisotopic (exact) mass is 302 g/mol. The second kappa shape index (κ2) is 8.79. The zero-order valence-electron chi connectivity index (χ0n) is 13.8. The van der Waals surface area contributed by atoms with Crippen LogP contribution in [-0.4, -0.2) is 6.54 Å². The molecule has 0 atom stereocenters. The highest BCUT2D eigenvalue weighted by Gasteiger charge is 2.15. The zero-order valence-corrected chi connectivity index (χ0v) is 14.6. The number of nitrogens with one attached hydrogen (secondary N) is 1. The van der Waals surface area contributed by atoms with Crippen molar-refractivity contribution in [1.29, 1.82) is 5.26 Å². The maximum absolute atomic E-state index is 8.84. The van der Waals surface area contributed by atoms with Crippen LogP contribution < -0.4 is 5.32 Å². The molecule has 0 aromatic rings. The average molecular weight is 302 g/mol. The number of thioether (sulfide) groups is 1. The Morgan fingerprint density at radius 3 is 2.81 bits per heavy atom. The molecule has 0 aromatic carbocycles. The van der Waals surface area contributed by atoms with Gasteiger partial charge < -0.3 is 5.32 Å². The fraction of sp³-hybridized carbons (Fsp3) is 0.500. The lowest BCUT2D eigenvalue weighted by atomic mass is 10.0. The van der Waals surface area contributed by atoms with E-state index >= 15 is 0 Å². The number of hydrogen-bond donors (Lipinski definition) is 1. The van der Waals surface area contributed by atoms with Gasteiger partial charge in [0.05, 0.1) is 12.5 Å². The molecule has 0 saturated carbocycles. The number of nitrogens with zero attached hydrogens (tertiary/aromatic N) is 1. The van der Waals surface area contributed by atoms with E-state index in [-0.39, 0.29) is 0 Å². The largest absolute Gasteiger partial charge is 0.385 e. The van der Waals surface area contributed by atoms with E-state index in [1.54, 1.807) is 11.8 Å². The molecule has 2 nitrogen and oxygen atoms in total. The van der Waals surface area contributed by atoms with E-state index in [0.29, 0.717) is 12.3 Å². The van der Waals surface area contributed by atoms with Crippen LogP contribution in [0.3, 0.4) is 0 Å². The molecule has 0 unspecified atom stereocenters. The molecule has 0 saturated heterocycles. The molecule has 0 aliphatic carbocycles.